The monoisotopic (exact) mass is 338 g/mol. The molecule has 2 rings (SSSR count). The second-order valence-corrected chi connectivity index (χ2v) is 5.59. The number of carbonyl (C=O) groups is 2. The molecule has 2 N–H and O–H groups in total. The molecule has 0 aromatic heterocycles. The fraction of sp³-hybridized carbons (Fsp3) is 0.200. The molecule has 0 heterocycles. The molecule has 25 heavy (non-hydrogen) atoms. The molecule has 4 nitrogen and oxygen atoms in total. The lowest BCUT2D eigenvalue weighted by molar-refractivity contribution is -0.125. The lowest BCUT2D eigenvalue weighted by Gasteiger charge is -2.11. The predicted octanol–water partition coefficient (Wildman–Crippen LogP) is 3.03. The second-order valence-electron chi connectivity index (χ2n) is 5.59. The van der Waals surface area contributed by atoms with Crippen LogP contribution in [0.25, 0.3) is 0 Å². The van der Waals surface area contributed by atoms with Crippen LogP contribution in [0.1, 0.15) is 41.8 Å². The molecule has 0 radical (unpaired) electrons. The summed E-state index contributed by atoms with van der Waals surface area (Å²) in [6.07, 6.45) is 0.695. The lowest BCUT2D eigenvalue weighted by atomic mass is 10.1. The van der Waals surface area contributed by atoms with Gasteiger partial charge >= 0.3 is 0 Å². The van der Waals surface area contributed by atoms with Gasteiger partial charge in [-0.05, 0) is 48.9 Å². The van der Waals surface area contributed by atoms with Crippen LogP contribution in [0.4, 0.5) is 4.39 Å². The number of hydrogen-bond acceptors (Lipinski definition) is 2. The summed E-state index contributed by atoms with van der Waals surface area (Å²) >= 11 is 0. The van der Waals surface area contributed by atoms with Crippen molar-refractivity contribution in [2.24, 2.45) is 5.92 Å². The third-order valence-electron chi connectivity index (χ3n) is 3.68. The van der Waals surface area contributed by atoms with Crippen molar-refractivity contribution >= 4 is 11.8 Å². The van der Waals surface area contributed by atoms with E-state index in [2.05, 4.69) is 22.7 Å². The molecular weight excluding hydrogens is 319 g/mol. The van der Waals surface area contributed by atoms with Crippen molar-refractivity contribution in [3.05, 3.63) is 71.0 Å². The lowest BCUT2D eigenvalue weighted by Crippen LogP contribution is -2.43. The molecule has 0 bridgehead atoms. The minimum atomic E-state index is -0.402. The molecule has 2 aromatic carbocycles. The second kappa shape index (κ2) is 8.65. The summed E-state index contributed by atoms with van der Waals surface area (Å²) in [6, 6.07) is 12.6. The summed E-state index contributed by atoms with van der Waals surface area (Å²) in [7, 11) is 0. The zero-order valence-electron chi connectivity index (χ0n) is 14.1. The zero-order chi connectivity index (χ0) is 18.2. The van der Waals surface area contributed by atoms with E-state index in [4.69, 9.17) is 0 Å². The standard InChI is InChI=1S/C20H19FN2O2/c1-3-14(2)19(24)22-23-20(25)17-11-9-15(10-12-17)7-8-16-5-4-6-18(21)13-16/h4-6,9-14H,3H2,1-2H3,(H,22,24)(H,23,25). The Hall–Kier alpha value is -3.13. The van der Waals surface area contributed by atoms with E-state index < -0.39 is 5.91 Å². The molecular formula is C20H19FN2O2. The quantitative estimate of drug-likeness (QED) is 0.668. The number of hydrogen-bond donors (Lipinski definition) is 2. The van der Waals surface area contributed by atoms with Gasteiger partial charge in [-0.1, -0.05) is 31.8 Å². The fourth-order valence-electron chi connectivity index (χ4n) is 1.91. The molecule has 1 atom stereocenters. The Bertz CT molecular complexity index is 820. The van der Waals surface area contributed by atoms with Gasteiger partial charge in [0.25, 0.3) is 5.91 Å². The van der Waals surface area contributed by atoms with E-state index in [-0.39, 0.29) is 17.6 Å². The van der Waals surface area contributed by atoms with Crippen molar-refractivity contribution in [1.29, 1.82) is 0 Å². The van der Waals surface area contributed by atoms with Gasteiger partial charge in [-0.3, -0.25) is 20.4 Å². The summed E-state index contributed by atoms with van der Waals surface area (Å²) in [5.41, 5.74) is 6.46. The van der Waals surface area contributed by atoms with Crippen molar-refractivity contribution in [2.45, 2.75) is 20.3 Å². The van der Waals surface area contributed by atoms with E-state index >= 15 is 0 Å². The molecule has 0 aliphatic heterocycles. The minimum absolute atomic E-state index is 0.166. The highest BCUT2D eigenvalue weighted by atomic mass is 19.1. The molecule has 0 saturated heterocycles. The van der Waals surface area contributed by atoms with E-state index in [1.807, 2.05) is 6.92 Å². The predicted molar refractivity (Wildman–Crippen MR) is 93.9 cm³/mol. The van der Waals surface area contributed by atoms with Crippen LogP contribution in [0.3, 0.4) is 0 Å². The summed E-state index contributed by atoms with van der Waals surface area (Å²) < 4.78 is 13.1. The summed E-state index contributed by atoms with van der Waals surface area (Å²) in [5, 5.41) is 0. The third kappa shape index (κ3) is 5.47. The molecule has 0 aliphatic carbocycles. The number of benzene rings is 2. The van der Waals surface area contributed by atoms with Crippen molar-refractivity contribution < 1.29 is 14.0 Å². The largest absolute Gasteiger partial charge is 0.273 e. The Morgan fingerprint density at radius 1 is 1.04 bits per heavy atom. The number of amides is 2. The maximum absolute atomic E-state index is 13.1. The summed E-state index contributed by atoms with van der Waals surface area (Å²) in [6.45, 7) is 3.68. The summed E-state index contributed by atoms with van der Waals surface area (Å²) in [4.78, 5) is 23.6. The molecule has 0 saturated carbocycles. The average molecular weight is 338 g/mol. The molecule has 2 amide bonds. The van der Waals surface area contributed by atoms with Gasteiger partial charge in [-0.15, -0.1) is 0 Å². The molecule has 1 unspecified atom stereocenters. The zero-order valence-corrected chi connectivity index (χ0v) is 14.1. The Balaban J connectivity index is 1.98. The van der Waals surface area contributed by atoms with Gasteiger partial charge in [0.05, 0.1) is 0 Å². The van der Waals surface area contributed by atoms with Crippen molar-refractivity contribution in [3.8, 4) is 11.8 Å². The van der Waals surface area contributed by atoms with Crippen LogP contribution < -0.4 is 10.9 Å². The van der Waals surface area contributed by atoms with Crippen molar-refractivity contribution in [3.63, 3.8) is 0 Å². The van der Waals surface area contributed by atoms with E-state index in [1.54, 1.807) is 43.3 Å². The first kappa shape index (κ1) is 18.2. The first-order valence-corrected chi connectivity index (χ1v) is 7.97. The van der Waals surface area contributed by atoms with Crippen molar-refractivity contribution in [2.75, 3.05) is 0 Å². The number of rotatable bonds is 3. The van der Waals surface area contributed by atoms with Crippen LogP contribution in [0.15, 0.2) is 48.5 Å². The van der Waals surface area contributed by atoms with Crippen LogP contribution in [-0.2, 0) is 4.79 Å². The van der Waals surface area contributed by atoms with E-state index in [9.17, 15) is 14.0 Å². The van der Waals surface area contributed by atoms with Gasteiger partial charge < -0.3 is 0 Å². The highest BCUT2D eigenvalue weighted by Crippen LogP contribution is 2.05. The highest BCUT2D eigenvalue weighted by Gasteiger charge is 2.11. The van der Waals surface area contributed by atoms with E-state index in [0.717, 1.165) is 0 Å². The van der Waals surface area contributed by atoms with Crippen molar-refractivity contribution in [1.82, 2.24) is 10.9 Å². The fourth-order valence-corrected chi connectivity index (χ4v) is 1.91. The molecule has 0 fully saturated rings. The normalized spacial score (nSPS) is 11.0. The molecule has 2 aromatic rings. The van der Waals surface area contributed by atoms with Gasteiger partial charge in [-0.25, -0.2) is 4.39 Å². The maximum atomic E-state index is 13.1. The van der Waals surface area contributed by atoms with Gasteiger partial charge in [0.2, 0.25) is 5.91 Å². The Morgan fingerprint density at radius 2 is 1.72 bits per heavy atom. The first-order valence-electron chi connectivity index (χ1n) is 7.97. The third-order valence-corrected chi connectivity index (χ3v) is 3.68. The van der Waals surface area contributed by atoms with Crippen LogP contribution in [0.5, 0.6) is 0 Å². The number of halogens is 1. The first-order chi connectivity index (χ1) is 12.0. The topological polar surface area (TPSA) is 58.2 Å². The molecule has 0 spiro atoms. The highest BCUT2D eigenvalue weighted by molar-refractivity contribution is 5.95. The SMILES string of the molecule is CCC(C)C(=O)NNC(=O)c1ccc(C#Cc2cccc(F)c2)cc1. The van der Waals surface area contributed by atoms with Gasteiger partial charge in [0.1, 0.15) is 5.82 Å². The van der Waals surface area contributed by atoms with Crippen LogP contribution in [0, 0.1) is 23.6 Å². The Morgan fingerprint density at radius 3 is 2.36 bits per heavy atom. The molecule has 128 valence electrons. The van der Waals surface area contributed by atoms with Crippen LogP contribution >= 0.6 is 0 Å². The number of nitrogens with one attached hydrogen (secondary N) is 2. The minimum Gasteiger partial charge on any atom is -0.273 e. The van der Waals surface area contributed by atoms with Gasteiger partial charge in [0, 0.05) is 22.6 Å². The van der Waals surface area contributed by atoms with Crippen LogP contribution in [-0.4, -0.2) is 11.8 Å². The number of hydrazine groups is 1. The van der Waals surface area contributed by atoms with Gasteiger partial charge in [0.15, 0.2) is 0 Å². The van der Waals surface area contributed by atoms with Gasteiger partial charge in [-0.2, -0.15) is 0 Å². The Kier molecular flexibility index (Phi) is 6.30. The Labute approximate surface area is 146 Å². The number of carbonyl (C=O) groups excluding carboxylic acids is 2. The van der Waals surface area contributed by atoms with E-state index in [1.165, 1.54) is 12.1 Å². The summed E-state index contributed by atoms with van der Waals surface area (Å²) in [5.74, 6) is 4.64. The average Bonchev–Trinajstić information content (AvgIpc) is 2.64. The maximum Gasteiger partial charge on any atom is 0.269 e. The molecule has 5 heteroatoms. The van der Waals surface area contributed by atoms with Crippen LogP contribution in [0.2, 0.25) is 0 Å². The molecule has 0 aliphatic rings. The van der Waals surface area contributed by atoms with E-state index in [0.29, 0.717) is 23.1 Å². The smallest absolute Gasteiger partial charge is 0.269 e.